The number of halogens is 1. The lowest BCUT2D eigenvalue weighted by molar-refractivity contribution is 0.0826. The topological polar surface area (TPSA) is 29.5 Å². The standard InChI is InChI=1S/C21H25FO2/c1-6-14-8-10-16(17-13-15(24-5)9-11-19(17)22)18(12-14)20(23)21(3,4)7-2/h7-13,20,23H,2,6H2,1,3-5H3. The molecule has 1 unspecified atom stereocenters. The van der Waals surface area contributed by atoms with Crippen molar-refractivity contribution in [1.29, 1.82) is 0 Å². The summed E-state index contributed by atoms with van der Waals surface area (Å²) < 4.78 is 19.7. The Kier molecular flexibility index (Phi) is 5.45. The molecular weight excluding hydrogens is 303 g/mol. The summed E-state index contributed by atoms with van der Waals surface area (Å²) in [4.78, 5) is 0. The van der Waals surface area contributed by atoms with E-state index in [-0.39, 0.29) is 5.82 Å². The van der Waals surface area contributed by atoms with Gasteiger partial charge in [0, 0.05) is 11.0 Å². The number of aliphatic hydroxyl groups excluding tert-OH is 1. The molecule has 24 heavy (non-hydrogen) atoms. The van der Waals surface area contributed by atoms with Crippen LogP contribution in [-0.2, 0) is 6.42 Å². The minimum Gasteiger partial charge on any atom is -0.497 e. The third-order valence-corrected chi connectivity index (χ3v) is 4.51. The fourth-order valence-electron chi connectivity index (χ4n) is 2.65. The lowest BCUT2D eigenvalue weighted by atomic mass is 9.79. The first-order valence-electron chi connectivity index (χ1n) is 8.12. The minimum absolute atomic E-state index is 0.343. The molecular formula is C21H25FO2. The molecule has 0 saturated heterocycles. The fraction of sp³-hybridized carbons (Fsp3) is 0.333. The van der Waals surface area contributed by atoms with Gasteiger partial charge in [0.25, 0.3) is 0 Å². The molecule has 2 nitrogen and oxygen atoms in total. The summed E-state index contributed by atoms with van der Waals surface area (Å²) in [6.45, 7) is 9.69. The largest absolute Gasteiger partial charge is 0.497 e. The van der Waals surface area contributed by atoms with Crippen LogP contribution < -0.4 is 4.74 Å². The summed E-state index contributed by atoms with van der Waals surface area (Å²) in [5.41, 5.74) is 2.36. The van der Waals surface area contributed by atoms with E-state index < -0.39 is 11.5 Å². The Morgan fingerprint density at radius 3 is 2.50 bits per heavy atom. The summed E-state index contributed by atoms with van der Waals surface area (Å²) in [5.74, 6) is 0.235. The summed E-state index contributed by atoms with van der Waals surface area (Å²) in [5, 5.41) is 10.9. The molecule has 0 amide bonds. The van der Waals surface area contributed by atoms with Gasteiger partial charge in [-0.1, -0.05) is 45.0 Å². The Bertz CT molecular complexity index is 735. The zero-order valence-corrected chi connectivity index (χ0v) is 14.8. The van der Waals surface area contributed by atoms with Crippen LogP contribution in [0.3, 0.4) is 0 Å². The van der Waals surface area contributed by atoms with E-state index in [0.29, 0.717) is 22.4 Å². The van der Waals surface area contributed by atoms with Crippen LogP contribution in [0.2, 0.25) is 0 Å². The van der Waals surface area contributed by atoms with E-state index in [2.05, 4.69) is 13.5 Å². The van der Waals surface area contributed by atoms with Crippen LogP contribution in [0, 0.1) is 11.2 Å². The van der Waals surface area contributed by atoms with Gasteiger partial charge in [0.15, 0.2) is 0 Å². The molecule has 0 aliphatic rings. The number of ether oxygens (including phenoxy) is 1. The molecule has 0 fully saturated rings. The van der Waals surface area contributed by atoms with E-state index in [0.717, 1.165) is 12.0 Å². The quantitative estimate of drug-likeness (QED) is 0.728. The van der Waals surface area contributed by atoms with E-state index >= 15 is 0 Å². The van der Waals surface area contributed by atoms with Crippen molar-refractivity contribution >= 4 is 0 Å². The zero-order chi connectivity index (χ0) is 17.9. The van der Waals surface area contributed by atoms with Gasteiger partial charge in [0.05, 0.1) is 13.2 Å². The van der Waals surface area contributed by atoms with Gasteiger partial charge in [-0.3, -0.25) is 0 Å². The van der Waals surface area contributed by atoms with Gasteiger partial charge < -0.3 is 9.84 Å². The van der Waals surface area contributed by atoms with Crippen LogP contribution in [0.1, 0.15) is 38.0 Å². The first-order chi connectivity index (χ1) is 11.3. The monoisotopic (exact) mass is 328 g/mol. The van der Waals surface area contributed by atoms with Gasteiger partial charge in [-0.15, -0.1) is 6.58 Å². The number of aliphatic hydroxyl groups is 1. The van der Waals surface area contributed by atoms with Crippen molar-refractivity contribution in [2.75, 3.05) is 7.11 Å². The second-order valence-electron chi connectivity index (χ2n) is 6.55. The highest BCUT2D eigenvalue weighted by Gasteiger charge is 2.29. The third-order valence-electron chi connectivity index (χ3n) is 4.51. The first-order valence-corrected chi connectivity index (χ1v) is 8.12. The molecule has 0 radical (unpaired) electrons. The van der Waals surface area contributed by atoms with Gasteiger partial charge >= 0.3 is 0 Å². The molecule has 2 aromatic carbocycles. The van der Waals surface area contributed by atoms with Crippen LogP contribution in [-0.4, -0.2) is 12.2 Å². The van der Waals surface area contributed by atoms with Crippen LogP contribution in [0.4, 0.5) is 4.39 Å². The second kappa shape index (κ2) is 7.18. The SMILES string of the molecule is C=CC(C)(C)C(O)c1cc(CC)ccc1-c1cc(OC)ccc1F. The molecule has 3 heteroatoms. The van der Waals surface area contributed by atoms with Gasteiger partial charge in [0.2, 0.25) is 0 Å². The first kappa shape index (κ1) is 18.2. The van der Waals surface area contributed by atoms with Crippen molar-refractivity contribution in [3.8, 4) is 16.9 Å². The average Bonchev–Trinajstić information content (AvgIpc) is 2.61. The molecule has 2 aromatic rings. The molecule has 128 valence electrons. The van der Waals surface area contributed by atoms with Crippen molar-refractivity contribution < 1.29 is 14.2 Å². The third kappa shape index (κ3) is 3.51. The Labute approximate surface area is 143 Å². The number of rotatable bonds is 6. The number of hydrogen-bond donors (Lipinski definition) is 1. The fourth-order valence-corrected chi connectivity index (χ4v) is 2.65. The molecule has 0 spiro atoms. The summed E-state index contributed by atoms with van der Waals surface area (Å²) >= 11 is 0. The van der Waals surface area contributed by atoms with Crippen LogP contribution >= 0.6 is 0 Å². The molecule has 2 rings (SSSR count). The van der Waals surface area contributed by atoms with Crippen LogP contribution in [0.15, 0.2) is 49.1 Å². The molecule has 0 bridgehead atoms. The van der Waals surface area contributed by atoms with Crippen molar-refractivity contribution in [3.05, 3.63) is 66.0 Å². The molecule has 0 aromatic heterocycles. The van der Waals surface area contributed by atoms with Crippen LogP contribution in [0.25, 0.3) is 11.1 Å². The molecule has 1 atom stereocenters. The molecule has 0 aliphatic carbocycles. The average molecular weight is 328 g/mol. The normalized spacial score (nSPS) is 12.8. The summed E-state index contributed by atoms with van der Waals surface area (Å²) in [6, 6.07) is 10.4. The lowest BCUT2D eigenvalue weighted by Gasteiger charge is -2.29. The predicted molar refractivity (Wildman–Crippen MR) is 96.7 cm³/mol. The maximum atomic E-state index is 14.4. The molecule has 0 saturated carbocycles. The number of hydrogen-bond acceptors (Lipinski definition) is 2. The molecule has 0 aliphatic heterocycles. The van der Waals surface area contributed by atoms with E-state index in [1.54, 1.807) is 25.3 Å². The Balaban J connectivity index is 2.69. The maximum Gasteiger partial charge on any atom is 0.131 e. The highest BCUT2D eigenvalue weighted by atomic mass is 19.1. The van der Waals surface area contributed by atoms with Crippen molar-refractivity contribution in [3.63, 3.8) is 0 Å². The minimum atomic E-state index is -0.790. The zero-order valence-electron chi connectivity index (χ0n) is 14.8. The van der Waals surface area contributed by atoms with Crippen molar-refractivity contribution in [2.45, 2.75) is 33.3 Å². The highest BCUT2D eigenvalue weighted by Crippen LogP contribution is 2.40. The maximum absolute atomic E-state index is 14.4. The number of benzene rings is 2. The number of methoxy groups -OCH3 is 1. The van der Waals surface area contributed by atoms with Crippen LogP contribution in [0.5, 0.6) is 5.75 Å². The Morgan fingerprint density at radius 2 is 1.92 bits per heavy atom. The number of aryl methyl sites for hydroxylation is 1. The second-order valence-corrected chi connectivity index (χ2v) is 6.55. The summed E-state index contributed by atoms with van der Waals surface area (Å²) in [7, 11) is 1.55. The van der Waals surface area contributed by atoms with E-state index in [9.17, 15) is 9.50 Å². The van der Waals surface area contributed by atoms with E-state index in [4.69, 9.17) is 4.74 Å². The molecule has 0 heterocycles. The predicted octanol–water partition coefficient (Wildman–Crippen LogP) is 5.31. The van der Waals surface area contributed by atoms with Crippen molar-refractivity contribution in [2.24, 2.45) is 5.41 Å². The Morgan fingerprint density at radius 1 is 1.21 bits per heavy atom. The Hall–Kier alpha value is -2.13. The molecule has 1 N–H and O–H groups in total. The van der Waals surface area contributed by atoms with Gasteiger partial charge in [-0.2, -0.15) is 0 Å². The van der Waals surface area contributed by atoms with Gasteiger partial charge in [-0.05, 0) is 41.3 Å². The smallest absolute Gasteiger partial charge is 0.131 e. The highest BCUT2D eigenvalue weighted by molar-refractivity contribution is 5.70. The van der Waals surface area contributed by atoms with Crippen molar-refractivity contribution in [1.82, 2.24) is 0 Å². The summed E-state index contributed by atoms with van der Waals surface area (Å²) in [6.07, 6.45) is 1.78. The van der Waals surface area contributed by atoms with E-state index in [1.807, 2.05) is 32.0 Å². The van der Waals surface area contributed by atoms with E-state index in [1.165, 1.54) is 6.07 Å². The van der Waals surface area contributed by atoms with Gasteiger partial charge in [0.1, 0.15) is 11.6 Å². The lowest BCUT2D eigenvalue weighted by Crippen LogP contribution is -2.20. The van der Waals surface area contributed by atoms with Gasteiger partial charge in [-0.25, -0.2) is 4.39 Å².